The molecule has 0 saturated heterocycles. The number of amides is 1. The Morgan fingerprint density at radius 1 is 1.19 bits per heavy atom. The molecule has 1 aromatic carbocycles. The zero-order valence-corrected chi connectivity index (χ0v) is 11.4. The van der Waals surface area contributed by atoms with Crippen LogP contribution >= 0.6 is 0 Å². The number of carbonyl (C=O) groups is 2. The fraction of sp³-hybridized carbons (Fsp3) is 0.429. The van der Waals surface area contributed by atoms with Gasteiger partial charge in [0.2, 0.25) is 5.91 Å². The van der Waals surface area contributed by atoms with E-state index in [-0.39, 0.29) is 24.5 Å². The van der Waals surface area contributed by atoms with Crippen molar-refractivity contribution in [2.75, 3.05) is 6.54 Å². The number of hydrogen-bond donors (Lipinski definition) is 2. The summed E-state index contributed by atoms with van der Waals surface area (Å²) >= 11 is 0. The Morgan fingerprint density at radius 3 is 2.43 bits per heavy atom. The summed E-state index contributed by atoms with van der Waals surface area (Å²) in [7, 11) is 0. The molecular formula is C14H17F2NO4. The van der Waals surface area contributed by atoms with Crippen LogP contribution in [0.25, 0.3) is 0 Å². The highest BCUT2D eigenvalue weighted by molar-refractivity contribution is 5.76. The SMILES string of the molecule is O=C(O)CCCC(=O)NCCc1ccc(OC(F)F)cc1. The van der Waals surface area contributed by atoms with E-state index in [1.54, 1.807) is 12.1 Å². The Kier molecular flexibility index (Phi) is 7.14. The largest absolute Gasteiger partial charge is 0.481 e. The predicted octanol–water partition coefficient (Wildman–Crippen LogP) is 2.20. The smallest absolute Gasteiger partial charge is 0.387 e. The molecule has 1 amide bonds. The molecule has 0 aromatic heterocycles. The van der Waals surface area contributed by atoms with Gasteiger partial charge in [0.25, 0.3) is 0 Å². The lowest BCUT2D eigenvalue weighted by Gasteiger charge is -2.07. The molecule has 0 atom stereocenters. The van der Waals surface area contributed by atoms with Gasteiger partial charge in [-0.15, -0.1) is 0 Å². The van der Waals surface area contributed by atoms with Crippen LogP contribution in [0.2, 0.25) is 0 Å². The lowest BCUT2D eigenvalue weighted by atomic mass is 10.1. The normalized spacial score (nSPS) is 10.4. The zero-order chi connectivity index (χ0) is 15.7. The minimum absolute atomic E-state index is 0.0288. The van der Waals surface area contributed by atoms with E-state index in [0.29, 0.717) is 19.4 Å². The van der Waals surface area contributed by atoms with Crippen LogP contribution in [0.4, 0.5) is 8.78 Å². The van der Waals surface area contributed by atoms with Crippen molar-refractivity contribution in [2.24, 2.45) is 0 Å². The van der Waals surface area contributed by atoms with E-state index in [1.165, 1.54) is 12.1 Å². The van der Waals surface area contributed by atoms with E-state index in [0.717, 1.165) is 5.56 Å². The number of alkyl halides is 2. The summed E-state index contributed by atoms with van der Waals surface area (Å²) in [5.41, 5.74) is 0.877. The van der Waals surface area contributed by atoms with E-state index >= 15 is 0 Å². The highest BCUT2D eigenvalue weighted by Gasteiger charge is 2.05. The number of hydrogen-bond acceptors (Lipinski definition) is 3. The number of carboxylic acids is 1. The van der Waals surface area contributed by atoms with Crippen molar-refractivity contribution in [2.45, 2.75) is 32.3 Å². The molecule has 21 heavy (non-hydrogen) atoms. The number of nitrogens with one attached hydrogen (secondary N) is 1. The maximum Gasteiger partial charge on any atom is 0.387 e. The topological polar surface area (TPSA) is 75.6 Å². The van der Waals surface area contributed by atoms with Crippen LogP contribution in [0.15, 0.2) is 24.3 Å². The predicted molar refractivity (Wildman–Crippen MR) is 71.3 cm³/mol. The lowest BCUT2D eigenvalue weighted by Crippen LogP contribution is -2.25. The van der Waals surface area contributed by atoms with Crippen LogP contribution in [0, 0.1) is 0 Å². The van der Waals surface area contributed by atoms with Crippen molar-refractivity contribution in [3.8, 4) is 5.75 Å². The quantitative estimate of drug-likeness (QED) is 0.733. The van der Waals surface area contributed by atoms with Gasteiger partial charge in [0.1, 0.15) is 5.75 Å². The molecule has 0 unspecified atom stereocenters. The third-order valence-corrected chi connectivity index (χ3v) is 2.68. The second-order valence-electron chi connectivity index (χ2n) is 4.37. The highest BCUT2D eigenvalue weighted by Crippen LogP contribution is 2.14. The number of rotatable bonds is 9. The van der Waals surface area contributed by atoms with Crippen molar-refractivity contribution in [1.29, 1.82) is 0 Å². The summed E-state index contributed by atoms with van der Waals surface area (Å²) in [6, 6.07) is 6.18. The monoisotopic (exact) mass is 301 g/mol. The molecule has 0 fully saturated rings. The van der Waals surface area contributed by atoms with Crippen molar-refractivity contribution < 1.29 is 28.2 Å². The summed E-state index contributed by atoms with van der Waals surface area (Å²) in [4.78, 5) is 21.7. The second kappa shape index (κ2) is 8.89. The average molecular weight is 301 g/mol. The molecule has 0 aliphatic heterocycles. The van der Waals surface area contributed by atoms with Crippen LogP contribution in [0.5, 0.6) is 5.75 Å². The number of ether oxygens (including phenoxy) is 1. The first-order chi connectivity index (χ1) is 9.97. The maximum atomic E-state index is 12.0. The van der Waals surface area contributed by atoms with Gasteiger partial charge < -0.3 is 15.2 Å². The van der Waals surface area contributed by atoms with Gasteiger partial charge in [0.05, 0.1) is 0 Å². The molecule has 0 aliphatic carbocycles. The molecule has 5 nitrogen and oxygen atoms in total. The molecule has 7 heteroatoms. The average Bonchev–Trinajstić information content (AvgIpc) is 2.39. The maximum absolute atomic E-state index is 12.0. The summed E-state index contributed by atoms with van der Waals surface area (Å²) in [5, 5.41) is 11.1. The minimum atomic E-state index is -2.85. The first kappa shape index (κ1) is 16.9. The summed E-state index contributed by atoms with van der Waals surface area (Å²) in [6.07, 6.45) is 1.01. The van der Waals surface area contributed by atoms with Gasteiger partial charge in [-0.1, -0.05) is 12.1 Å². The highest BCUT2D eigenvalue weighted by atomic mass is 19.3. The van der Waals surface area contributed by atoms with E-state index in [9.17, 15) is 18.4 Å². The first-order valence-corrected chi connectivity index (χ1v) is 6.49. The number of carboxylic acid groups (broad SMARTS) is 1. The molecule has 0 saturated carbocycles. The van der Waals surface area contributed by atoms with Crippen molar-refractivity contribution in [3.05, 3.63) is 29.8 Å². The third-order valence-electron chi connectivity index (χ3n) is 2.68. The molecule has 0 aliphatic rings. The van der Waals surface area contributed by atoms with Gasteiger partial charge in [-0.25, -0.2) is 0 Å². The standard InChI is InChI=1S/C14H17F2NO4/c15-14(16)21-11-6-4-10(5-7-11)8-9-17-12(18)2-1-3-13(19)20/h4-7,14H,1-3,8-9H2,(H,17,18)(H,19,20). The van der Waals surface area contributed by atoms with Gasteiger partial charge in [-0.05, 0) is 30.5 Å². The van der Waals surface area contributed by atoms with Crippen molar-refractivity contribution >= 4 is 11.9 Å². The molecule has 1 rings (SSSR count). The Balaban J connectivity index is 2.23. The van der Waals surface area contributed by atoms with Crippen molar-refractivity contribution in [1.82, 2.24) is 5.32 Å². The van der Waals surface area contributed by atoms with Gasteiger partial charge in [-0.2, -0.15) is 8.78 Å². The van der Waals surface area contributed by atoms with E-state index in [4.69, 9.17) is 5.11 Å². The number of carbonyl (C=O) groups excluding carboxylic acids is 1. The van der Waals surface area contributed by atoms with Crippen LogP contribution < -0.4 is 10.1 Å². The van der Waals surface area contributed by atoms with Crippen molar-refractivity contribution in [3.63, 3.8) is 0 Å². The van der Waals surface area contributed by atoms with Gasteiger partial charge in [-0.3, -0.25) is 9.59 Å². The van der Waals surface area contributed by atoms with Crippen LogP contribution in [-0.2, 0) is 16.0 Å². The van der Waals surface area contributed by atoms with E-state index < -0.39 is 12.6 Å². The lowest BCUT2D eigenvalue weighted by molar-refractivity contribution is -0.137. The van der Waals surface area contributed by atoms with Crippen LogP contribution in [0.3, 0.4) is 0 Å². The minimum Gasteiger partial charge on any atom is -0.481 e. The molecule has 0 radical (unpaired) electrons. The first-order valence-electron chi connectivity index (χ1n) is 6.49. The molecule has 1 aromatic rings. The zero-order valence-electron chi connectivity index (χ0n) is 11.4. The second-order valence-corrected chi connectivity index (χ2v) is 4.37. The van der Waals surface area contributed by atoms with Gasteiger partial charge in [0, 0.05) is 19.4 Å². The molecular weight excluding hydrogens is 284 g/mol. The number of aliphatic carboxylic acids is 1. The summed E-state index contributed by atoms with van der Waals surface area (Å²) in [6.45, 7) is -2.44. The summed E-state index contributed by atoms with van der Waals surface area (Å²) < 4.78 is 28.1. The molecule has 0 bridgehead atoms. The fourth-order valence-corrected chi connectivity index (χ4v) is 1.67. The van der Waals surface area contributed by atoms with Gasteiger partial charge >= 0.3 is 12.6 Å². The molecule has 0 heterocycles. The Morgan fingerprint density at radius 2 is 1.86 bits per heavy atom. The van der Waals surface area contributed by atoms with Crippen LogP contribution in [0.1, 0.15) is 24.8 Å². The fourth-order valence-electron chi connectivity index (χ4n) is 1.67. The Bertz CT molecular complexity index is 463. The summed E-state index contributed by atoms with van der Waals surface area (Å²) in [5.74, 6) is -1.03. The molecule has 116 valence electrons. The molecule has 0 spiro atoms. The Labute approximate surface area is 120 Å². The van der Waals surface area contributed by atoms with E-state index in [1.807, 2.05) is 0 Å². The third kappa shape index (κ3) is 7.86. The van der Waals surface area contributed by atoms with Crippen LogP contribution in [-0.4, -0.2) is 30.1 Å². The Hall–Kier alpha value is -2.18. The number of benzene rings is 1. The molecule has 2 N–H and O–H groups in total. The van der Waals surface area contributed by atoms with E-state index in [2.05, 4.69) is 10.1 Å². The number of halogens is 2. The van der Waals surface area contributed by atoms with Gasteiger partial charge in [0.15, 0.2) is 0 Å².